The number of aliphatic imine (C=N–C) groups is 1. The monoisotopic (exact) mass is 437 g/mol. The third-order valence-corrected chi connectivity index (χ3v) is 5.89. The molecule has 2 aromatic rings. The van der Waals surface area contributed by atoms with Crippen LogP contribution < -0.4 is 10.6 Å². The highest BCUT2D eigenvalue weighted by atomic mass is 19.1. The largest absolute Gasteiger partial charge is 0.398 e. The van der Waals surface area contributed by atoms with Crippen molar-refractivity contribution in [3.8, 4) is 0 Å². The van der Waals surface area contributed by atoms with Gasteiger partial charge in [0, 0.05) is 25.7 Å². The number of ether oxygens (including phenoxy) is 1. The Balaban J connectivity index is 1.63. The van der Waals surface area contributed by atoms with E-state index in [-0.39, 0.29) is 24.4 Å². The Kier molecular flexibility index (Phi) is 6.80. The molecule has 0 unspecified atom stereocenters. The van der Waals surface area contributed by atoms with Crippen molar-refractivity contribution in [2.45, 2.75) is 19.4 Å². The summed E-state index contributed by atoms with van der Waals surface area (Å²) >= 11 is 0. The van der Waals surface area contributed by atoms with Crippen LogP contribution >= 0.6 is 0 Å². The van der Waals surface area contributed by atoms with Crippen molar-refractivity contribution in [2.75, 3.05) is 44.3 Å². The number of hydrogen-bond acceptors (Lipinski definition) is 6. The number of halogens is 1. The Bertz CT molecular complexity index is 1010. The van der Waals surface area contributed by atoms with Gasteiger partial charge in [-0.1, -0.05) is 30.3 Å². The van der Waals surface area contributed by atoms with Gasteiger partial charge in [0.1, 0.15) is 11.6 Å². The second-order valence-corrected chi connectivity index (χ2v) is 7.99. The van der Waals surface area contributed by atoms with E-state index in [2.05, 4.69) is 14.9 Å². The fourth-order valence-electron chi connectivity index (χ4n) is 4.06. The van der Waals surface area contributed by atoms with Crippen LogP contribution in [0.25, 0.3) is 5.70 Å². The molecule has 1 atom stereocenters. The number of aromatic nitrogens is 1. The SMILES string of the molecule is C[C@@H]1CCN(c2ccc(F)cn2)CCN1C(=O)/C(C1=NCCOC1)=C(/N)c1ccccc1. The van der Waals surface area contributed by atoms with E-state index in [9.17, 15) is 9.18 Å². The normalized spacial score (nSPS) is 20.3. The number of pyridine rings is 1. The van der Waals surface area contributed by atoms with Crippen molar-refractivity contribution in [2.24, 2.45) is 10.7 Å². The van der Waals surface area contributed by atoms with E-state index in [0.717, 1.165) is 18.5 Å². The molecule has 1 saturated heterocycles. The van der Waals surface area contributed by atoms with Gasteiger partial charge in [0.05, 0.1) is 42.9 Å². The van der Waals surface area contributed by atoms with Crippen molar-refractivity contribution >= 4 is 23.1 Å². The van der Waals surface area contributed by atoms with Gasteiger partial charge in [0.15, 0.2) is 0 Å². The molecule has 4 rings (SSSR count). The van der Waals surface area contributed by atoms with Crippen LogP contribution in [-0.4, -0.2) is 66.9 Å². The molecule has 1 aromatic heterocycles. The molecule has 1 amide bonds. The molecule has 7 nitrogen and oxygen atoms in total. The first-order valence-corrected chi connectivity index (χ1v) is 10.9. The number of nitrogens with zero attached hydrogens (tertiary/aromatic N) is 4. The van der Waals surface area contributed by atoms with Gasteiger partial charge in [-0.3, -0.25) is 9.79 Å². The quantitative estimate of drug-likeness (QED) is 0.743. The first kappa shape index (κ1) is 22.0. The smallest absolute Gasteiger partial charge is 0.258 e. The second-order valence-electron chi connectivity index (χ2n) is 7.99. The number of anilines is 1. The minimum atomic E-state index is -0.365. The number of carbonyl (C=O) groups excluding carboxylic acids is 1. The molecule has 1 aromatic carbocycles. The van der Waals surface area contributed by atoms with Gasteiger partial charge in [-0.2, -0.15) is 0 Å². The zero-order chi connectivity index (χ0) is 22.5. The predicted molar refractivity (Wildman–Crippen MR) is 123 cm³/mol. The molecule has 2 aliphatic rings. The second kappa shape index (κ2) is 9.91. The third kappa shape index (κ3) is 4.80. The lowest BCUT2D eigenvalue weighted by Crippen LogP contribution is -2.43. The Morgan fingerprint density at radius 3 is 2.66 bits per heavy atom. The van der Waals surface area contributed by atoms with Gasteiger partial charge in [0.25, 0.3) is 5.91 Å². The van der Waals surface area contributed by atoms with Crippen molar-refractivity contribution in [3.05, 3.63) is 65.6 Å². The van der Waals surface area contributed by atoms with Crippen LogP contribution in [0.3, 0.4) is 0 Å². The zero-order valence-electron chi connectivity index (χ0n) is 18.2. The van der Waals surface area contributed by atoms with Crippen LogP contribution in [0.2, 0.25) is 0 Å². The van der Waals surface area contributed by atoms with E-state index in [1.54, 1.807) is 6.07 Å². The van der Waals surface area contributed by atoms with Crippen molar-refractivity contribution in [3.63, 3.8) is 0 Å². The lowest BCUT2D eigenvalue weighted by atomic mass is 10.00. The van der Waals surface area contributed by atoms with E-state index >= 15 is 0 Å². The average molecular weight is 438 g/mol. The van der Waals surface area contributed by atoms with Crippen molar-refractivity contribution in [1.82, 2.24) is 9.88 Å². The van der Waals surface area contributed by atoms with E-state index < -0.39 is 0 Å². The summed E-state index contributed by atoms with van der Waals surface area (Å²) in [7, 11) is 0. The van der Waals surface area contributed by atoms with Gasteiger partial charge >= 0.3 is 0 Å². The summed E-state index contributed by atoms with van der Waals surface area (Å²) in [4.78, 5) is 26.5. The van der Waals surface area contributed by atoms with E-state index in [1.165, 1.54) is 12.3 Å². The highest BCUT2D eigenvalue weighted by molar-refractivity contribution is 6.26. The van der Waals surface area contributed by atoms with Crippen LogP contribution in [0.4, 0.5) is 10.2 Å². The van der Waals surface area contributed by atoms with Crippen LogP contribution in [0.15, 0.2) is 59.2 Å². The van der Waals surface area contributed by atoms with Crippen molar-refractivity contribution < 1.29 is 13.9 Å². The molecule has 0 radical (unpaired) electrons. The van der Waals surface area contributed by atoms with Gasteiger partial charge in [-0.15, -0.1) is 0 Å². The molecule has 168 valence electrons. The fourth-order valence-corrected chi connectivity index (χ4v) is 4.06. The number of rotatable bonds is 4. The zero-order valence-corrected chi connectivity index (χ0v) is 18.2. The van der Waals surface area contributed by atoms with Crippen LogP contribution in [0.5, 0.6) is 0 Å². The fraction of sp³-hybridized carbons (Fsp3) is 0.375. The summed E-state index contributed by atoms with van der Waals surface area (Å²) in [5.41, 5.74) is 8.73. The van der Waals surface area contributed by atoms with E-state index in [4.69, 9.17) is 10.5 Å². The number of nitrogens with two attached hydrogens (primary N) is 1. The first-order valence-electron chi connectivity index (χ1n) is 10.9. The maximum Gasteiger partial charge on any atom is 0.258 e. The Labute approximate surface area is 187 Å². The molecule has 1 fully saturated rings. The topological polar surface area (TPSA) is 84.0 Å². The van der Waals surface area contributed by atoms with Gasteiger partial charge in [-0.05, 0) is 31.0 Å². The summed E-state index contributed by atoms with van der Waals surface area (Å²) in [6, 6.07) is 12.6. The average Bonchev–Trinajstić information content (AvgIpc) is 3.02. The molecule has 2 aliphatic heterocycles. The molecule has 3 heterocycles. The molecule has 0 saturated carbocycles. The predicted octanol–water partition coefficient (Wildman–Crippen LogP) is 2.49. The molecule has 0 bridgehead atoms. The van der Waals surface area contributed by atoms with Gasteiger partial charge < -0.3 is 20.3 Å². The van der Waals surface area contributed by atoms with Crippen LogP contribution in [0, 0.1) is 5.82 Å². The maximum absolute atomic E-state index is 13.8. The summed E-state index contributed by atoms with van der Waals surface area (Å²) in [5.74, 6) is 0.199. The maximum atomic E-state index is 13.8. The summed E-state index contributed by atoms with van der Waals surface area (Å²) < 4.78 is 18.9. The lowest BCUT2D eigenvalue weighted by molar-refractivity contribution is -0.128. The molecular weight excluding hydrogens is 409 g/mol. The molecule has 32 heavy (non-hydrogen) atoms. The summed E-state index contributed by atoms with van der Waals surface area (Å²) in [5, 5.41) is 0. The Morgan fingerprint density at radius 1 is 1.16 bits per heavy atom. The summed E-state index contributed by atoms with van der Waals surface area (Å²) in [6.45, 7) is 5.16. The molecule has 0 aliphatic carbocycles. The lowest BCUT2D eigenvalue weighted by Gasteiger charge is -2.29. The summed E-state index contributed by atoms with van der Waals surface area (Å²) in [6.07, 6.45) is 1.97. The Hall–Kier alpha value is -3.26. The number of benzene rings is 1. The highest BCUT2D eigenvalue weighted by Gasteiger charge is 2.31. The molecule has 2 N–H and O–H groups in total. The molecule has 8 heteroatoms. The number of amides is 1. The van der Waals surface area contributed by atoms with Gasteiger partial charge in [-0.25, -0.2) is 9.37 Å². The molecular formula is C24H28FN5O2. The third-order valence-electron chi connectivity index (χ3n) is 5.89. The van der Waals surface area contributed by atoms with Gasteiger partial charge in [0.2, 0.25) is 0 Å². The molecule has 0 spiro atoms. The highest BCUT2D eigenvalue weighted by Crippen LogP contribution is 2.23. The van der Waals surface area contributed by atoms with Crippen LogP contribution in [0.1, 0.15) is 18.9 Å². The standard InChI is InChI=1S/C24H28FN5O2/c1-17-9-11-29(21-8-7-19(25)15-28-21)12-13-30(17)24(31)22(20-16-32-14-10-27-20)23(26)18-5-3-2-4-6-18/h2-8,15,17H,9-14,16,26H2,1H3/b23-22+/t17-/m1/s1. The van der Waals surface area contributed by atoms with Crippen molar-refractivity contribution in [1.29, 1.82) is 0 Å². The van der Waals surface area contributed by atoms with E-state index in [1.807, 2.05) is 42.2 Å². The van der Waals surface area contributed by atoms with Crippen LogP contribution in [-0.2, 0) is 9.53 Å². The Morgan fingerprint density at radius 2 is 1.97 bits per heavy atom. The first-order chi connectivity index (χ1) is 15.5. The number of carbonyl (C=O) groups is 1. The minimum absolute atomic E-state index is 0.00312. The number of hydrogen-bond donors (Lipinski definition) is 1. The minimum Gasteiger partial charge on any atom is -0.398 e. The van der Waals surface area contributed by atoms with E-state index in [0.29, 0.717) is 49.0 Å².